The number of hydrogen-bond acceptors (Lipinski definition) is 3. The first-order chi connectivity index (χ1) is 12.0. The molecular formula is C20H29N3O2. The Balaban J connectivity index is 1.55. The molecule has 1 aromatic rings. The lowest BCUT2D eigenvalue weighted by atomic mass is 9.78. The van der Waals surface area contributed by atoms with Crippen molar-refractivity contribution >= 4 is 11.8 Å². The molecule has 3 rings (SSSR count). The third-order valence-electron chi connectivity index (χ3n) is 5.99. The Morgan fingerprint density at radius 3 is 2.44 bits per heavy atom. The number of carbonyl (C=O) groups excluding carboxylic acids is 2. The Hall–Kier alpha value is -1.88. The van der Waals surface area contributed by atoms with Crippen molar-refractivity contribution in [2.24, 2.45) is 5.73 Å². The number of primary amides is 1. The van der Waals surface area contributed by atoms with Crippen molar-refractivity contribution in [3.8, 4) is 0 Å². The van der Waals surface area contributed by atoms with Crippen LogP contribution in [0.2, 0.25) is 0 Å². The molecule has 2 saturated heterocycles. The Bertz CT molecular complexity index is 611. The van der Waals surface area contributed by atoms with Crippen molar-refractivity contribution in [2.75, 3.05) is 26.2 Å². The predicted molar refractivity (Wildman–Crippen MR) is 98.0 cm³/mol. The van der Waals surface area contributed by atoms with Crippen molar-refractivity contribution in [2.45, 2.75) is 50.5 Å². The van der Waals surface area contributed by atoms with Crippen LogP contribution in [0.5, 0.6) is 0 Å². The van der Waals surface area contributed by atoms with Crippen LogP contribution in [0.15, 0.2) is 30.3 Å². The van der Waals surface area contributed by atoms with E-state index in [0.29, 0.717) is 18.4 Å². The minimum atomic E-state index is -0.636. The quantitative estimate of drug-likeness (QED) is 0.858. The summed E-state index contributed by atoms with van der Waals surface area (Å²) >= 11 is 0. The van der Waals surface area contributed by atoms with Gasteiger partial charge in [-0.1, -0.05) is 30.3 Å². The molecule has 5 heteroatoms. The molecule has 0 aromatic heterocycles. The third-order valence-corrected chi connectivity index (χ3v) is 5.99. The van der Waals surface area contributed by atoms with E-state index in [9.17, 15) is 9.59 Å². The second kappa shape index (κ2) is 7.56. The van der Waals surface area contributed by atoms with E-state index >= 15 is 0 Å². The molecule has 2 N–H and O–H groups in total. The van der Waals surface area contributed by atoms with Crippen molar-refractivity contribution in [3.63, 3.8) is 0 Å². The van der Waals surface area contributed by atoms with E-state index in [4.69, 9.17) is 5.73 Å². The van der Waals surface area contributed by atoms with Crippen LogP contribution in [0, 0.1) is 0 Å². The van der Waals surface area contributed by atoms with Crippen LogP contribution in [0.3, 0.4) is 0 Å². The highest BCUT2D eigenvalue weighted by atomic mass is 16.2. The van der Waals surface area contributed by atoms with E-state index in [0.717, 1.165) is 57.4 Å². The van der Waals surface area contributed by atoms with Crippen molar-refractivity contribution in [1.29, 1.82) is 0 Å². The molecule has 136 valence electrons. The average molecular weight is 343 g/mol. The normalized spacial score (nSPS) is 22.1. The van der Waals surface area contributed by atoms with E-state index < -0.39 is 5.41 Å². The summed E-state index contributed by atoms with van der Waals surface area (Å²) < 4.78 is 0. The van der Waals surface area contributed by atoms with Crippen LogP contribution in [0.4, 0.5) is 0 Å². The lowest BCUT2D eigenvalue weighted by molar-refractivity contribution is -0.130. The molecule has 5 nitrogen and oxygen atoms in total. The summed E-state index contributed by atoms with van der Waals surface area (Å²) in [7, 11) is 0. The molecule has 2 aliphatic rings. The lowest BCUT2D eigenvalue weighted by Crippen LogP contribution is -2.47. The molecule has 2 aliphatic heterocycles. The maximum absolute atomic E-state index is 12.1. The summed E-state index contributed by atoms with van der Waals surface area (Å²) in [4.78, 5) is 28.5. The largest absolute Gasteiger partial charge is 0.369 e. The smallest absolute Gasteiger partial charge is 0.227 e. The topological polar surface area (TPSA) is 66.6 Å². The summed E-state index contributed by atoms with van der Waals surface area (Å²) in [5.74, 6) is 0.0556. The molecule has 2 heterocycles. The van der Waals surface area contributed by atoms with Gasteiger partial charge in [-0.25, -0.2) is 0 Å². The summed E-state index contributed by atoms with van der Waals surface area (Å²) in [5.41, 5.74) is 6.09. The van der Waals surface area contributed by atoms with Crippen LogP contribution in [0.1, 0.15) is 44.6 Å². The highest BCUT2D eigenvalue weighted by Crippen LogP contribution is 2.29. The molecular weight excluding hydrogens is 314 g/mol. The fraction of sp³-hybridized carbons (Fsp3) is 0.600. The van der Waals surface area contributed by atoms with Gasteiger partial charge in [-0.3, -0.25) is 9.59 Å². The SMILES string of the molecule is CC(CCN1CCC(N2CCCC2=O)CC1)(C(N)=O)c1ccccc1. The fourth-order valence-corrected chi connectivity index (χ4v) is 4.11. The number of rotatable bonds is 6. The van der Waals surface area contributed by atoms with E-state index in [1.807, 2.05) is 37.3 Å². The molecule has 2 amide bonds. The Morgan fingerprint density at radius 2 is 1.88 bits per heavy atom. The van der Waals surface area contributed by atoms with E-state index in [1.54, 1.807) is 0 Å². The number of carbonyl (C=O) groups is 2. The molecule has 0 radical (unpaired) electrons. The molecule has 0 saturated carbocycles. The summed E-state index contributed by atoms with van der Waals surface area (Å²) in [5, 5.41) is 0. The summed E-state index contributed by atoms with van der Waals surface area (Å²) in [6.45, 7) is 5.70. The average Bonchev–Trinajstić information content (AvgIpc) is 3.06. The van der Waals surface area contributed by atoms with Crippen molar-refractivity contribution < 1.29 is 9.59 Å². The zero-order valence-electron chi connectivity index (χ0n) is 15.1. The van der Waals surface area contributed by atoms with Gasteiger partial charge in [0.15, 0.2) is 0 Å². The van der Waals surface area contributed by atoms with Gasteiger partial charge in [0.1, 0.15) is 0 Å². The van der Waals surface area contributed by atoms with Gasteiger partial charge in [0.2, 0.25) is 11.8 Å². The third kappa shape index (κ3) is 3.87. The zero-order chi connectivity index (χ0) is 17.9. The standard InChI is InChI=1S/C20H29N3O2/c1-20(19(21)25,16-6-3-2-4-7-16)11-15-22-13-9-17(10-14-22)23-12-5-8-18(23)24/h2-4,6-7,17H,5,8-15H2,1H3,(H2,21,25). The van der Waals surface area contributed by atoms with E-state index in [1.165, 1.54) is 0 Å². The van der Waals surface area contributed by atoms with Gasteiger partial charge >= 0.3 is 0 Å². The molecule has 25 heavy (non-hydrogen) atoms. The molecule has 1 aromatic carbocycles. The molecule has 1 unspecified atom stereocenters. The first-order valence-electron chi connectivity index (χ1n) is 9.38. The van der Waals surface area contributed by atoms with E-state index in [-0.39, 0.29) is 5.91 Å². The van der Waals surface area contributed by atoms with Gasteiger partial charge in [0.25, 0.3) is 0 Å². The van der Waals surface area contributed by atoms with Gasteiger partial charge in [-0.15, -0.1) is 0 Å². The Morgan fingerprint density at radius 1 is 1.20 bits per heavy atom. The summed E-state index contributed by atoms with van der Waals surface area (Å²) in [6.07, 6.45) is 4.51. The highest BCUT2D eigenvalue weighted by Gasteiger charge is 2.35. The van der Waals surface area contributed by atoms with Gasteiger partial charge in [0, 0.05) is 32.1 Å². The molecule has 2 fully saturated rings. The Labute approximate surface area is 150 Å². The number of nitrogens with zero attached hydrogens (tertiary/aromatic N) is 2. The molecule has 0 bridgehead atoms. The second-order valence-corrected chi connectivity index (χ2v) is 7.58. The van der Waals surface area contributed by atoms with Gasteiger partial charge < -0.3 is 15.5 Å². The first-order valence-corrected chi connectivity index (χ1v) is 9.38. The highest BCUT2D eigenvalue weighted by molar-refractivity contribution is 5.86. The predicted octanol–water partition coefficient (Wildman–Crippen LogP) is 1.91. The van der Waals surface area contributed by atoms with Crippen molar-refractivity contribution in [1.82, 2.24) is 9.80 Å². The molecule has 0 spiro atoms. The lowest BCUT2D eigenvalue weighted by Gasteiger charge is -2.38. The first kappa shape index (κ1) is 17.9. The van der Waals surface area contributed by atoms with Crippen molar-refractivity contribution in [3.05, 3.63) is 35.9 Å². The monoisotopic (exact) mass is 343 g/mol. The number of likely N-dealkylation sites (tertiary alicyclic amines) is 2. The van der Waals surface area contributed by atoms with Crippen LogP contribution >= 0.6 is 0 Å². The summed E-state index contributed by atoms with van der Waals surface area (Å²) in [6, 6.07) is 10.2. The zero-order valence-corrected chi connectivity index (χ0v) is 15.1. The maximum atomic E-state index is 12.1. The van der Waals surface area contributed by atoms with Crippen LogP contribution in [0.25, 0.3) is 0 Å². The van der Waals surface area contributed by atoms with E-state index in [2.05, 4.69) is 9.80 Å². The van der Waals surface area contributed by atoms with Gasteiger partial charge in [0.05, 0.1) is 5.41 Å². The number of amides is 2. The van der Waals surface area contributed by atoms with Crippen LogP contribution < -0.4 is 5.73 Å². The second-order valence-electron chi connectivity index (χ2n) is 7.58. The van der Waals surface area contributed by atoms with Gasteiger partial charge in [-0.2, -0.15) is 0 Å². The number of benzene rings is 1. The molecule has 1 atom stereocenters. The maximum Gasteiger partial charge on any atom is 0.227 e. The minimum absolute atomic E-state index is 0.267. The Kier molecular flexibility index (Phi) is 5.42. The van der Waals surface area contributed by atoms with Crippen LogP contribution in [-0.2, 0) is 15.0 Å². The number of nitrogens with two attached hydrogens (primary N) is 1. The van der Waals surface area contributed by atoms with Gasteiger partial charge in [-0.05, 0) is 44.7 Å². The minimum Gasteiger partial charge on any atom is -0.369 e. The number of piperidine rings is 1. The molecule has 0 aliphatic carbocycles. The van der Waals surface area contributed by atoms with Crippen LogP contribution in [-0.4, -0.2) is 53.8 Å². The fourth-order valence-electron chi connectivity index (χ4n) is 4.11. The number of hydrogen-bond donors (Lipinski definition) is 1.